The fourth-order valence-corrected chi connectivity index (χ4v) is 4.48. The van der Waals surface area contributed by atoms with Gasteiger partial charge in [0.15, 0.2) is 0 Å². The third-order valence-corrected chi connectivity index (χ3v) is 6.34. The number of carboxylic acid groups (broad SMARTS) is 1. The molecule has 0 spiro atoms. The Bertz CT molecular complexity index is 1670. The largest absolute Gasteiger partial charge is 0.489 e. The summed E-state index contributed by atoms with van der Waals surface area (Å²) in [5, 5.41) is 9.39. The number of fused-ring (bicyclic) bond motifs is 1. The Balaban J connectivity index is 1.56. The number of ether oxygens (including phenoxy) is 1. The maximum Gasteiger partial charge on any atom is 0.418 e. The molecule has 8 heteroatoms. The zero-order valence-electron chi connectivity index (χ0n) is 20.4. The van der Waals surface area contributed by atoms with E-state index in [4.69, 9.17) is 9.84 Å². The Morgan fingerprint density at radius 3 is 2.36 bits per heavy atom. The third-order valence-electron chi connectivity index (χ3n) is 6.34. The molecule has 196 valence electrons. The lowest BCUT2D eigenvalue weighted by atomic mass is 9.92. The summed E-state index contributed by atoms with van der Waals surface area (Å²) in [5.41, 5.74) is 1.94. The van der Waals surface area contributed by atoms with Gasteiger partial charge in [0.25, 0.3) is 0 Å². The molecule has 0 atom stereocenters. The van der Waals surface area contributed by atoms with Crippen molar-refractivity contribution in [3.8, 4) is 16.9 Å². The normalized spacial score (nSPS) is 11.5. The van der Waals surface area contributed by atoms with Crippen LogP contribution in [0.4, 0.5) is 17.6 Å². The first-order chi connectivity index (χ1) is 18.7. The molecule has 0 saturated heterocycles. The first kappa shape index (κ1) is 25.9. The van der Waals surface area contributed by atoms with Crippen LogP contribution in [0.25, 0.3) is 22.0 Å². The van der Waals surface area contributed by atoms with Gasteiger partial charge in [-0.2, -0.15) is 13.2 Å². The smallest absolute Gasteiger partial charge is 0.418 e. The van der Waals surface area contributed by atoms with E-state index < -0.39 is 23.5 Å². The molecule has 0 aliphatic carbocycles. The summed E-state index contributed by atoms with van der Waals surface area (Å²) in [6.45, 7) is -0.165. The molecule has 0 saturated carbocycles. The van der Waals surface area contributed by atoms with Gasteiger partial charge in [-0.1, -0.05) is 60.7 Å². The summed E-state index contributed by atoms with van der Waals surface area (Å²) in [7, 11) is 0. The summed E-state index contributed by atoms with van der Waals surface area (Å²) >= 11 is 0. The minimum absolute atomic E-state index is 0.149. The van der Waals surface area contributed by atoms with Crippen molar-refractivity contribution in [2.75, 3.05) is 0 Å². The number of rotatable bonds is 7. The molecule has 39 heavy (non-hydrogen) atoms. The number of nitrogens with zero attached hydrogens (tertiary/aromatic N) is 1. The second-order valence-electron chi connectivity index (χ2n) is 8.95. The molecule has 0 unspecified atom stereocenters. The number of pyridine rings is 1. The zero-order chi connectivity index (χ0) is 27.6. The van der Waals surface area contributed by atoms with Crippen LogP contribution in [-0.2, 0) is 19.2 Å². The van der Waals surface area contributed by atoms with Gasteiger partial charge in [0.1, 0.15) is 18.2 Å². The van der Waals surface area contributed by atoms with Crippen molar-refractivity contribution in [2.24, 2.45) is 0 Å². The highest BCUT2D eigenvalue weighted by molar-refractivity contribution is 5.98. The van der Waals surface area contributed by atoms with Crippen LogP contribution in [0.1, 0.15) is 32.6 Å². The number of hydrogen-bond donors (Lipinski definition) is 1. The highest BCUT2D eigenvalue weighted by Crippen LogP contribution is 2.39. The van der Waals surface area contributed by atoms with E-state index >= 15 is 0 Å². The summed E-state index contributed by atoms with van der Waals surface area (Å²) in [6, 6.07) is 23.9. The number of aromatic nitrogens is 1. The first-order valence-corrected chi connectivity index (χ1v) is 12.0. The summed E-state index contributed by atoms with van der Waals surface area (Å²) in [6.07, 6.45) is -2.65. The van der Waals surface area contributed by atoms with Crippen molar-refractivity contribution in [1.29, 1.82) is 0 Å². The molecule has 0 fully saturated rings. The predicted octanol–water partition coefficient (Wildman–Crippen LogP) is 7.93. The number of carbonyl (C=O) groups is 1. The Kier molecular flexibility index (Phi) is 7.02. The molecule has 4 nitrogen and oxygen atoms in total. The topological polar surface area (TPSA) is 59.4 Å². The van der Waals surface area contributed by atoms with Crippen molar-refractivity contribution in [3.63, 3.8) is 0 Å². The molecule has 1 N–H and O–H groups in total. The standard InChI is InChI=1S/C31H21F4NO3/c32-27-16-21(30(37)38)12-13-22(27)18-39-24-9-4-8-20(15-24)28-23(14-19-6-2-1-3-7-19)17-36-29-25(28)10-5-11-26(29)31(33,34)35/h1-13,15-17H,14,18H2,(H,37,38). The van der Waals surface area contributed by atoms with Gasteiger partial charge >= 0.3 is 12.1 Å². The fraction of sp³-hybridized carbons (Fsp3) is 0.0968. The van der Waals surface area contributed by atoms with Crippen LogP contribution >= 0.6 is 0 Å². The van der Waals surface area contributed by atoms with Gasteiger partial charge in [-0.15, -0.1) is 0 Å². The average Bonchev–Trinajstić information content (AvgIpc) is 2.92. The molecule has 1 aromatic heterocycles. The number of para-hydroxylation sites is 1. The summed E-state index contributed by atoms with van der Waals surface area (Å²) < 4.78 is 61.6. The Morgan fingerprint density at radius 1 is 0.872 bits per heavy atom. The fourth-order valence-electron chi connectivity index (χ4n) is 4.48. The van der Waals surface area contributed by atoms with E-state index in [2.05, 4.69) is 4.98 Å². The van der Waals surface area contributed by atoms with Crippen LogP contribution in [0.2, 0.25) is 0 Å². The van der Waals surface area contributed by atoms with Gasteiger partial charge in [-0.25, -0.2) is 9.18 Å². The van der Waals surface area contributed by atoms with Crippen LogP contribution in [0.3, 0.4) is 0 Å². The monoisotopic (exact) mass is 531 g/mol. The number of hydrogen-bond acceptors (Lipinski definition) is 3. The molecular weight excluding hydrogens is 510 g/mol. The number of carboxylic acids is 1. The van der Waals surface area contributed by atoms with Gasteiger partial charge in [0.05, 0.1) is 16.6 Å². The van der Waals surface area contributed by atoms with E-state index in [0.717, 1.165) is 23.3 Å². The molecule has 0 aliphatic heterocycles. The van der Waals surface area contributed by atoms with Gasteiger partial charge in [-0.05, 0) is 59.0 Å². The Hall–Kier alpha value is -4.72. The van der Waals surface area contributed by atoms with Crippen molar-refractivity contribution in [1.82, 2.24) is 4.98 Å². The van der Waals surface area contributed by atoms with E-state index in [-0.39, 0.29) is 23.3 Å². The zero-order valence-corrected chi connectivity index (χ0v) is 20.4. The second-order valence-corrected chi connectivity index (χ2v) is 8.95. The van der Waals surface area contributed by atoms with Gasteiger partial charge < -0.3 is 9.84 Å². The molecule has 4 aromatic carbocycles. The Morgan fingerprint density at radius 2 is 1.64 bits per heavy atom. The van der Waals surface area contributed by atoms with E-state index in [1.165, 1.54) is 24.4 Å². The second kappa shape index (κ2) is 10.6. The molecule has 5 rings (SSSR count). The minimum Gasteiger partial charge on any atom is -0.489 e. The SMILES string of the molecule is O=C(O)c1ccc(COc2cccc(-c3c(Cc4ccccc4)cnc4c(C(F)(F)F)cccc34)c2)c(F)c1. The van der Waals surface area contributed by atoms with Crippen LogP contribution < -0.4 is 4.74 Å². The highest BCUT2D eigenvalue weighted by atomic mass is 19.4. The number of aromatic carboxylic acids is 1. The van der Waals surface area contributed by atoms with E-state index in [1.54, 1.807) is 30.3 Å². The van der Waals surface area contributed by atoms with Crippen LogP contribution in [0.5, 0.6) is 5.75 Å². The summed E-state index contributed by atoms with van der Waals surface area (Å²) in [4.78, 5) is 15.3. The van der Waals surface area contributed by atoms with Gasteiger partial charge in [0, 0.05) is 17.1 Å². The van der Waals surface area contributed by atoms with Gasteiger partial charge in [0.2, 0.25) is 0 Å². The molecule has 1 heterocycles. The van der Waals surface area contributed by atoms with E-state index in [9.17, 15) is 22.4 Å². The molecule has 0 aliphatic rings. The quantitative estimate of drug-likeness (QED) is 0.217. The summed E-state index contributed by atoms with van der Waals surface area (Å²) in [5.74, 6) is -1.58. The molecule has 5 aromatic rings. The first-order valence-electron chi connectivity index (χ1n) is 12.0. The molecule has 0 radical (unpaired) electrons. The predicted molar refractivity (Wildman–Crippen MR) is 139 cm³/mol. The minimum atomic E-state index is -4.57. The number of alkyl halides is 3. The maximum atomic E-state index is 14.4. The van der Waals surface area contributed by atoms with Crippen molar-refractivity contribution in [3.05, 3.63) is 131 Å². The highest BCUT2D eigenvalue weighted by Gasteiger charge is 2.33. The van der Waals surface area contributed by atoms with E-state index in [0.29, 0.717) is 28.7 Å². The third kappa shape index (κ3) is 5.60. The maximum absolute atomic E-state index is 14.4. The van der Waals surface area contributed by atoms with Crippen LogP contribution in [0.15, 0.2) is 97.2 Å². The lowest BCUT2D eigenvalue weighted by Gasteiger charge is -2.17. The van der Waals surface area contributed by atoms with Crippen molar-refractivity contribution >= 4 is 16.9 Å². The van der Waals surface area contributed by atoms with Crippen molar-refractivity contribution in [2.45, 2.75) is 19.2 Å². The lowest BCUT2D eigenvalue weighted by Crippen LogP contribution is -2.07. The molecular formula is C31H21F4NO3. The van der Waals surface area contributed by atoms with E-state index in [1.807, 2.05) is 30.3 Å². The van der Waals surface area contributed by atoms with Crippen molar-refractivity contribution < 1.29 is 32.2 Å². The Labute approximate surface area is 221 Å². The van der Waals surface area contributed by atoms with Crippen LogP contribution in [-0.4, -0.2) is 16.1 Å². The molecule has 0 bridgehead atoms. The number of halogens is 4. The van der Waals surface area contributed by atoms with Crippen LogP contribution in [0, 0.1) is 5.82 Å². The lowest BCUT2D eigenvalue weighted by molar-refractivity contribution is -0.136. The average molecular weight is 532 g/mol. The van der Waals surface area contributed by atoms with Gasteiger partial charge in [-0.3, -0.25) is 4.98 Å². The number of benzene rings is 4. The molecule has 0 amide bonds.